The lowest BCUT2D eigenvalue weighted by Gasteiger charge is -2.27. The topological polar surface area (TPSA) is 210 Å². The highest BCUT2D eigenvalue weighted by Gasteiger charge is 2.42. The van der Waals surface area contributed by atoms with Crippen molar-refractivity contribution in [3.8, 4) is 17.2 Å². The van der Waals surface area contributed by atoms with Gasteiger partial charge >= 0.3 is 6.03 Å². The molecule has 13 heteroatoms. The molecule has 200 valence electrons. The SMILES string of the molecule is CNC(=O)NC(=O)C(C=O)(CCOCN)Oc1ccc(Oc2ccc(CNC(=O)C(N)CN)cc2)cc1. The molecule has 0 aliphatic carbocycles. The van der Waals surface area contributed by atoms with Gasteiger partial charge in [0.2, 0.25) is 11.5 Å². The first-order valence-electron chi connectivity index (χ1n) is 11.3. The molecule has 0 saturated heterocycles. The molecule has 0 spiro atoms. The Morgan fingerprint density at radius 3 is 2.14 bits per heavy atom. The molecule has 2 atom stereocenters. The maximum Gasteiger partial charge on any atom is 0.321 e. The lowest BCUT2D eigenvalue weighted by atomic mass is 10.0. The van der Waals surface area contributed by atoms with Gasteiger partial charge in [0.1, 0.15) is 17.2 Å². The van der Waals surface area contributed by atoms with Gasteiger partial charge in [0.15, 0.2) is 6.29 Å². The van der Waals surface area contributed by atoms with Crippen molar-refractivity contribution in [3.05, 3.63) is 54.1 Å². The minimum Gasteiger partial charge on any atom is -0.470 e. The van der Waals surface area contributed by atoms with Crippen molar-refractivity contribution >= 4 is 24.1 Å². The van der Waals surface area contributed by atoms with Crippen molar-refractivity contribution in [2.75, 3.05) is 26.9 Å². The lowest BCUT2D eigenvalue weighted by Crippen LogP contribution is -2.56. The van der Waals surface area contributed by atoms with Crippen molar-refractivity contribution in [1.29, 1.82) is 0 Å². The number of carbonyl (C=O) groups excluding carboxylic acids is 4. The molecule has 0 aliphatic heterocycles. The molecule has 2 rings (SSSR count). The summed E-state index contributed by atoms with van der Waals surface area (Å²) in [5, 5.41) is 6.98. The van der Waals surface area contributed by atoms with Gasteiger partial charge in [-0.2, -0.15) is 0 Å². The molecule has 0 heterocycles. The van der Waals surface area contributed by atoms with Crippen molar-refractivity contribution in [1.82, 2.24) is 16.0 Å². The molecule has 9 N–H and O–H groups in total. The molecule has 0 bridgehead atoms. The van der Waals surface area contributed by atoms with E-state index >= 15 is 0 Å². The monoisotopic (exact) mass is 516 g/mol. The number of amides is 4. The summed E-state index contributed by atoms with van der Waals surface area (Å²) in [5.74, 6) is -0.110. The number of imide groups is 1. The van der Waals surface area contributed by atoms with E-state index in [0.717, 1.165) is 5.56 Å². The third-order valence-corrected chi connectivity index (χ3v) is 5.10. The minimum absolute atomic E-state index is 0.0584. The second-order valence-corrected chi connectivity index (χ2v) is 7.74. The first-order chi connectivity index (χ1) is 17.8. The molecule has 0 aliphatic rings. The number of urea groups is 1. The Balaban J connectivity index is 2.05. The quantitative estimate of drug-likeness (QED) is 0.0818. The number of nitrogens with one attached hydrogen (secondary N) is 3. The molecule has 0 fully saturated rings. The number of hydrogen-bond donors (Lipinski definition) is 6. The largest absolute Gasteiger partial charge is 0.470 e. The predicted molar refractivity (Wildman–Crippen MR) is 133 cm³/mol. The van der Waals surface area contributed by atoms with E-state index in [0.29, 0.717) is 24.3 Å². The van der Waals surface area contributed by atoms with E-state index in [1.165, 1.54) is 19.2 Å². The Hall–Kier alpha value is -4.04. The summed E-state index contributed by atoms with van der Waals surface area (Å²) in [5.41, 5.74) is 15.1. The fraction of sp³-hybridized carbons (Fsp3) is 0.333. The Morgan fingerprint density at radius 1 is 1.00 bits per heavy atom. The molecule has 4 amide bonds. The van der Waals surface area contributed by atoms with Crippen LogP contribution in [0, 0.1) is 0 Å². The zero-order chi connectivity index (χ0) is 27.3. The summed E-state index contributed by atoms with van der Waals surface area (Å²) < 4.78 is 16.6. The fourth-order valence-corrected chi connectivity index (χ4v) is 2.95. The van der Waals surface area contributed by atoms with Gasteiger partial charge in [-0.25, -0.2) is 4.79 Å². The number of carbonyl (C=O) groups is 4. The number of ether oxygens (including phenoxy) is 3. The smallest absolute Gasteiger partial charge is 0.321 e. The van der Waals surface area contributed by atoms with Gasteiger partial charge in [0.05, 0.1) is 19.4 Å². The molecule has 13 nitrogen and oxygen atoms in total. The molecule has 37 heavy (non-hydrogen) atoms. The van der Waals surface area contributed by atoms with Crippen molar-refractivity contribution in [2.45, 2.75) is 24.6 Å². The number of hydrogen-bond acceptors (Lipinski definition) is 10. The van der Waals surface area contributed by atoms with E-state index in [9.17, 15) is 19.2 Å². The van der Waals surface area contributed by atoms with Crippen molar-refractivity contribution in [2.24, 2.45) is 17.2 Å². The molecule has 2 unspecified atom stereocenters. The van der Waals surface area contributed by atoms with E-state index in [2.05, 4.69) is 10.6 Å². The molecule has 0 saturated carbocycles. The summed E-state index contributed by atoms with van der Waals surface area (Å²) in [7, 11) is 1.33. The van der Waals surface area contributed by atoms with Crippen LogP contribution in [-0.2, 0) is 25.7 Å². The Kier molecular flexibility index (Phi) is 11.4. The van der Waals surface area contributed by atoms with Gasteiger partial charge in [-0.1, -0.05) is 12.1 Å². The third kappa shape index (κ3) is 8.84. The second kappa shape index (κ2) is 14.5. The van der Waals surface area contributed by atoms with Crippen LogP contribution in [0.1, 0.15) is 12.0 Å². The molecular formula is C24H32N6O7. The van der Waals surface area contributed by atoms with Crippen LogP contribution in [0.4, 0.5) is 4.79 Å². The predicted octanol–water partition coefficient (Wildman–Crippen LogP) is -0.524. The van der Waals surface area contributed by atoms with Crippen LogP contribution in [0.3, 0.4) is 0 Å². The minimum atomic E-state index is -2.02. The Bertz CT molecular complexity index is 1050. The van der Waals surface area contributed by atoms with E-state index in [4.69, 9.17) is 31.4 Å². The van der Waals surface area contributed by atoms with Crippen LogP contribution in [-0.4, -0.2) is 62.7 Å². The summed E-state index contributed by atoms with van der Waals surface area (Å²) >= 11 is 0. The summed E-state index contributed by atoms with van der Waals surface area (Å²) in [4.78, 5) is 47.9. The maximum absolute atomic E-state index is 12.7. The molecule has 0 radical (unpaired) electrons. The van der Waals surface area contributed by atoms with Crippen LogP contribution in [0.5, 0.6) is 17.2 Å². The number of benzene rings is 2. The van der Waals surface area contributed by atoms with Crippen LogP contribution >= 0.6 is 0 Å². The van der Waals surface area contributed by atoms with E-state index in [1.807, 2.05) is 5.32 Å². The zero-order valence-electron chi connectivity index (χ0n) is 20.4. The maximum atomic E-state index is 12.7. The molecular weight excluding hydrogens is 484 g/mol. The van der Waals surface area contributed by atoms with E-state index in [1.54, 1.807) is 36.4 Å². The lowest BCUT2D eigenvalue weighted by molar-refractivity contribution is -0.143. The van der Waals surface area contributed by atoms with E-state index < -0.39 is 23.6 Å². The number of aldehydes is 1. The second-order valence-electron chi connectivity index (χ2n) is 7.74. The fourth-order valence-electron chi connectivity index (χ4n) is 2.95. The highest BCUT2D eigenvalue weighted by Crippen LogP contribution is 2.27. The van der Waals surface area contributed by atoms with Crippen LogP contribution in [0.15, 0.2) is 48.5 Å². The van der Waals surface area contributed by atoms with Gasteiger partial charge in [0, 0.05) is 26.6 Å². The summed E-state index contributed by atoms with van der Waals surface area (Å²) in [6.07, 6.45) is 0.128. The van der Waals surface area contributed by atoms with Gasteiger partial charge in [-0.05, 0) is 42.0 Å². The van der Waals surface area contributed by atoms with E-state index in [-0.39, 0.29) is 38.0 Å². The number of nitrogens with two attached hydrogens (primary N) is 3. The normalized spacial score (nSPS) is 13.0. The molecule has 2 aromatic carbocycles. The van der Waals surface area contributed by atoms with Gasteiger partial charge < -0.3 is 42.0 Å². The summed E-state index contributed by atoms with van der Waals surface area (Å²) in [6, 6.07) is 11.7. The highest BCUT2D eigenvalue weighted by atomic mass is 16.5. The first-order valence-corrected chi connectivity index (χ1v) is 11.3. The molecule has 2 aromatic rings. The molecule has 0 aromatic heterocycles. The van der Waals surface area contributed by atoms with Gasteiger partial charge in [-0.3, -0.25) is 19.7 Å². The average Bonchev–Trinajstić information content (AvgIpc) is 2.92. The zero-order valence-corrected chi connectivity index (χ0v) is 20.4. The third-order valence-electron chi connectivity index (χ3n) is 5.10. The van der Waals surface area contributed by atoms with Gasteiger partial charge in [0.25, 0.3) is 5.91 Å². The average molecular weight is 517 g/mol. The number of rotatable bonds is 14. The first kappa shape index (κ1) is 29.2. The Morgan fingerprint density at radius 2 is 1.59 bits per heavy atom. The van der Waals surface area contributed by atoms with Crippen molar-refractivity contribution in [3.63, 3.8) is 0 Å². The standard InChI is InChI=1S/C24H32N6O7/c1-28-23(34)30-22(33)24(14-31,10-11-35-15-26)37-19-8-6-18(7-9-19)36-17-4-2-16(3-5-17)13-29-21(32)20(27)12-25/h2-9,14,20H,10-13,15,25-27H2,1H3,(H,29,32)(H2,28,30,33,34). The van der Waals surface area contributed by atoms with Crippen LogP contribution < -0.4 is 42.6 Å². The Labute approximate surface area is 214 Å². The summed E-state index contributed by atoms with van der Waals surface area (Å²) in [6.45, 7) is 0.179. The van der Waals surface area contributed by atoms with Gasteiger partial charge in [-0.15, -0.1) is 0 Å². The van der Waals surface area contributed by atoms with Crippen molar-refractivity contribution < 1.29 is 33.4 Å². The van der Waals surface area contributed by atoms with Crippen LogP contribution in [0.2, 0.25) is 0 Å². The highest BCUT2D eigenvalue weighted by molar-refractivity contribution is 6.07. The van der Waals surface area contributed by atoms with Crippen LogP contribution in [0.25, 0.3) is 0 Å².